The number of rotatable bonds is 5. The van der Waals surface area contributed by atoms with Crippen LogP contribution in [0.4, 0.5) is 0 Å². The van der Waals surface area contributed by atoms with E-state index in [2.05, 4.69) is 29.9 Å². The summed E-state index contributed by atoms with van der Waals surface area (Å²) in [5.41, 5.74) is 7.34. The van der Waals surface area contributed by atoms with Gasteiger partial charge in [0.2, 0.25) is 0 Å². The van der Waals surface area contributed by atoms with Crippen molar-refractivity contribution in [1.82, 2.24) is 14.7 Å². The van der Waals surface area contributed by atoms with E-state index >= 15 is 0 Å². The van der Waals surface area contributed by atoms with Crippen LogP contribution in [0.15, 0.2) is 12.3 Å². The highest BCUT2D eigenvalue weighted by atomic mass is 15.3. The average Bonchev–Trinajstić information content (AvgIpc) is 2.83. The molecule has 0 spiro atoms. The Morgan fingerprint density at radius 1 is 1.42 bits per heavy atom. The van der Waals surface area contributed by atoms with Crippen LogP contribution in [0.25, 0.3) is 0 Å². The van der Waals surface area contributed by atoms with E-state index < -0.39 is 0 Å². The Hall–Kier alpha value is -0.870. The second kappa shape index (κ2) is 6.53. The third-order valence-corrected chi connectivity index (χ3v) is 4.48. The second-order valence-corrected chi connectivity index (χ2v) is 5.86. The van der Waals surface area contributed by atoms with Gasteiger partial charge in [-0.3, -0.25) is 9.58 Å². The summed E-state index contributed by atoms with van der Waals surface area (Å²) in [4.78, 5) is 2.66. The maximum Gasteiger partial charge on any atom is 0.0549 e. The SMILES string of the molecule is CCCN(C1CCC(N)CC1)C(C)c1ccnn1C. The van der Waals surface area contributed by atoms with E-state index in [9.17, 15) is 0 Å². The van der Waals surface area contributed by atoms with Gasteiger partial charge < -0.3 is 5.73 Å². The summed E-state index contributed by atoms with van der Waals surface area (Å²) in [6, 6.07) is 3.69. The molecule has 108 valence electrons. The van der Waals surface area contributed by atoms with E-state index in [4.69, 9.17) is 5.73 Å². The molecule has 1 aromatic rings. The zero-order chi connectivity index (χ0) is 13.8. The van der Waals surface area contributed by atoms with Crippen molar-refractivity contribution >= 4 is 0 Å². The van der Waals surface area contributed by atoms with Gasteiger partial charge in [-0.25, -0.2) is 0 Å². The molecule has 0 aliphatic heterocycles. The highest BCUT2D eigenvalue weighted by molar-refractivity contribution is 5.06. The Kier molecular flexibility index (Phi) is 4.99. The molecule has 0 radical (unpaired) electrons. The van der Waals surface area contributed by atoms with E-state index in [1.807, 2.05) is 17.9 Å². The molecule has 1 atom stereocenters. The predicted octanol–water partition coefficient (Wildman–Crippen LogP) is 2.46. The first-order valence-corrected chi connectivity index (χ1v) is 7.62. The van der Waals surface area contributed by atoms with Gasteiger partial charge in [0.15, 0.2) is 0 Å². The van der Waals surface area contributed by atoms with E-state index in [0.717, 1.165) is 6.54 Å². The molecule has 1 aromatic heterocycles. The summed E-state index contributed by atoms with van der Waals surface area (Å²) >= 11 is 0. The van der Waals surface area contributed by atoms with Crippen LogP contribution in [-0.4, -0.2) is 33.3 Å². The quantitative estimate of drug-likeness (QED) is 0.888. The van der Waals surface area contributed by atoms with Gasteiger partial charge in [0.25, 0.3) is 0 Å². The van der Waals surface area contributed by atoms with Crippen LogP contribution in [0.1, 0.15) is 57.7 Å². The van der Waals surface area contributed by atoms with Crippen molar-refractivity contribution < 1.29 is 0 Å². The maximum atomic E-state index is 6.03. The summed E-state index contributed by atoms with van der Waals surface area (Å²) in [5.74, 6) is 0. The molecule has 1 heterocycles. The Bertz CT molecular complexity index is 379. The fourth-order valence-corrected chi connectivity index (χ4v) is 3.35. The lowest BCUT2D eigenvalue weighted by Crippen LogP contribution is -2.43. The molecule has 0 saturated heterocycles. The van der Waals surface area contributed by atoms with Crippen molar-refractivity contribution in [2.24, 2.45) is 12.8 Å². The summed E-state index contributed by atoms with van der Waals surface area (Å²) in [6.07, 6.45) is 7.91. The monoisotopic (exact) mass is 264 g/mol. The summed E-state index contributed by atoms with van der Waals surface area (Å²) in [6.45, 7) is 5.73. The number of hydrogen-bond acceptors (Lipinski definition) is 3. The van der Waals surface area contributed by atoms with Crippen molar-refractivity contribution in [2.45, 2.75) is 64.1 Å². The van der Waals surface area contributed by atoms with Gasteiger partial charge in [-0.15, -0.1) is 0 Å². The van der Waals surface area contributed by atoms with Crippen molar-refractivity contribution in [2.75, 3.05) is 6.54 Å². The fourth-order valence-electron chi connectivity index (χ4n) is 3.35. The third kappa shape index (κ3) is 3.37. The van der Waals surface area contributed by atoms with Crippen molar-refractivity contribution in [3.05, 3.63) is 18.0 Å². The van der Waals surface area contributed by atoms with Gasteiger partial charge in [0, 0.05) is 31.4 Å². The molecule has 1 aliphatic carbocycles. The van der Waals surface area contributed by atoms with Crippen LogP contribution in [-0.2, 0) is 7.05 Å². The highest BCUT2D eigenvalue weighted by Crippen LogP contribution is 2.29. The zero-order valence-corrected chi connectivity index (χ0v) is 12.5. The molecular weight excluding hydrogens is 236 g/mol. The van der Waals surface area contributed by atoms with Gasteiger partial charge in [-0.2, -0.15) is 5.10 Å². The molecule has 1 saturated carbocycles. The predicted molar refractivity (Wildman–Crippen MR) is 78.9 cm³/mol. The number of aromatic nitrogens is 2. The molecule has 0 amide bonds. The average molecular weight is 264 g/mol. The van der Waals surface area contributed by atoms with E-state index in [1.165, 1.54) is 37.8 Å². The highest BCUT2D eigenvalue weighted by Gasteiger charge is 2.28. The summed E-state index contributed by atoms with van der Waals surface area (Å²) in [7, 11) is 2.03. The number of nitrogens with zero attached hydrogens (tertiary/aromatic N) is 3. The molecule has 1 aliphatic rings. The van der Waals surface area contributed by atoms with E-state index in [1.54, 1.807) is 0 Å². The minimum absolute atomic E-state index is 0.423. The standard InChI is InChI=1S/C15H28N4/c1-4-11-19(14-7-5-13(16)6-8-14)12(2)15-9-10-17-18(15)3/h9-10,12-14H,4-8,11,16H2,1-3H3. The van der Waals surface area contributed by atoms with Gasteiger partial charge in [-0.05, 0) is 51.6 Å². The summed E-state index contributed by atoms with van der Waals surface area (Å²) < 4.78 is 2.00. The molecule has 2 rings (SSSR count). The first-order valence-electron chi connectivity index (χ1n) is 7.62. The van der Waals surface area contributed by atoms with Crippen LogP contribution in [0.3, 0.4) is 0 Å². The Morgan fingerprint density at radius 3 is 2.63 bits per heavy atom. The Labute approximate surface area is 117 Å². The number of aryl methyl sites for hydroxylation is 1. The lowest BCUT2D eigenvalue weighted by atomic mass is 9.89. The first kappa shape index (κ1) is 14.5. The minimum atomic E-state index is 0.423. The Morgan fingerprint density at radius 2 is 2.11 bits per heavy atom. The molecule has 2 N–H and O–H groups in total. The van der Waals surface area contributed by atoms with E-state index in [-0.39, 0.29) is 0 Å². The molecule has 1 fully saturated rings. The lowest BCUT2D eigenvalue weighted by Gasteiger charge is -2.39. The third-order valence-electron chi connectivity index (χ3n) is 4.48. The van der Waals surface area contributed by atoms with Crippen LogP contribution in [0.2, 0.25) is 0 Å². The minimum Gasteiger partial charge on any atom is -0.328 e. The largest absolute Gasteiger partial charge is 0.328 e. The second-order valence-electron chi connectivity index (χ2n) is 5.86. The van der Waals surface area contributed by atoms with Gasteiger partial charge in [-0.1, -0.05) is 6.92 Å². The molecule has 1 unspecified atom stereocenters. The lowest BCUT2D eigenvalue weighted by molar-refractivity contribution is 0.103. The van der Waals surface area contributed by atoms with Crippen LogP contribution in [0, 0.1) is 0 Å². The molecular formula is C15H28N4. The number of nitrogens with two attached hydrogens (primary N) is 1. The van der Waals surface area contributed by atoms with Gasteiger partial charge in [0.1, 0.15) is 0 Å². The fraction of sp³-hybridized carbons (Fsp3) is 0.800. The normalized spacial score (nSPS) is 25.7. The Balaban J connectivity index is 2.09. The van der Waals surface area contributed by atoms with Crippen molar-refractivity contribution in [3.8, 4) is 0 Å². The number of hydrogen-bond donors (Lipinski definition) is 1. The molecule has 0 bridgehead atoms. The molecule has 0 aromatic carbocycles. The smallest absolute Gasteiger partial charge is 0.0549 e. The molecule has 4 nitrogen and oxygen atoms in total. The van der Waals surface area contributed by atoms with Crippen LogP contribution >= 0.6 is 0 Å². The molecule has 4 heteroatoms. The van der Waals surface area contributed by atoms with Gasteiger partial charge >= 0.3 is 0 Å². The summed E-state index contributed by atoms with van der Waals surface area (Å²) in [5, 5.41) is 4.31. The van der Waals surface area contributed by atoms with Crippen molar-refractivity contribution in [1.29, 1.82) is 0 Å². The maximum absolute atomic E-state index is 6.03. The van der Waals surface area contributed by atoms with Crippen molar-refractivity contribution in [3.63, 3.8) is 0 Å². The van der Waals surface area contributed by atoms with Crippen LogP contribution < -0.4 is 5.73 Å². The molecule has 19 heavy (non-hydrogen) atoms. The topological polar surface area (TPSA) is 47.1 Å². The van der Waals surface area contributed by atoms with Crippen LogP contribution in [0.5, 0.6) is 0 Å². The zero-order valence-electron chi connectivity index (χ0n) is 12.5. The van der Waals surface area contributed by atoms with E-state index in [0.29, 0.717) is 18.1 Å². The van der Waals surface area contributed by atoms with Gasteiger partial charge in [0.05, 0.1) is 5.69 Å². The first-order chi connectivity index (χ1) is 9.13.